The van der Waals surface area contributed by atoms with Crippen LogP contribution in [0.1, 0.15) is 59.8 Å². The molecular formula is C24H24F3N3O3. The molecule has 3 aromatic rings. The second-order valence-corrected chi connectivity index (χ2v) is 8.44. The van der Waals surface area contributed by atoms with E-state index < -0.39 is 47.3 Å². The van der Waals surface area contributed by atoms with Crippen LogP contribution >= 0.6 is 0 Å². The molecule has 1 amide bonds. The van der Waals surface area contributed by atoms with Gasteiger partial charge in [-0.1, -0.05) is 13.0 Å². The first-order valence-corrected chi connectivity index (χ1v) is 10.7. The second kappa shape index (κ2) is 8.53. The molecule has 3 N–H and O–H groups in total. The van der Waals surface area contributed by atoms with Gasteiger partial charge in [0, 0.05) is 42.3 Å². The number of benzene rings is 1. The average Bonchev–Trinajstić information content (AvgIpc) is 2.78. The molecule has 0 spiro atoms. The molecule has 2 heterocycles. The number of hydrogen-bond acceptors (Lipinski definition) is 4. The van der Waals surface area contributed by atoms with Crippen LogP contribution in [0.25, 0.3) is 10.9 Å². The van der Waals surface area contributed by atoms with E-state index in [1.165, 1.54) is 37.6 Å². The lowest BCUT2D eigenvalue weighted by molar-refractivity contribution is -0.0985. The van der Waals surface area contributed by atoms with Crippen molar-refractivity contribution in [1.29, 1.82) is 0 Å². The molecular weight excluding hydrogens is 435 g/mol. The third-order valence-corrected chi connectivity index (χ3v) is 6.60. The quantitative estimate of drug-likeness (QED) is 0.587. The molecule has 2 aromatic heterocycles. The highest BCUT2D eigenvalue weighted by molar-refractivity contribution is 6.03. The van der Waals surface area contributed by atoms with Crippen LogP contribution in [0.15, 0.2) is 41.3 Å². The number of rotatable bonds is 5. The van der Waals surface area contributed by atoms with E-state index in [0.29, 0.717) is 11.3 Å². The fourth-order valence-corrected chi connectivity index (χ4v) is 4.98. The number of primary amides is 1. The van der Waals surface area contributed by atoms with Crippen molar-refractivity contribution in [2.24, 2.45) is 11.7 Å². The number of halogens is 3. The van der Waals surface area contributed by atoms with Crippen molar-refractivity contribution in [3.63, 3.8) is 0 Å². The predicted octanol–water partition coefficient (Wildman–Crippen LogP) is 4.49. The van der Waals surface area contributed by atoms with Gasteiger partial charge in [0.1, 0.15) is 17.3 Å². The monoisotopic (exact) mass is 459 g/mol. The highest BCUT2D eigenvalue weighted by Crippen LogP contribution is 2.54. The van der Waals surface area contributed by atoms with E-state index in [1.807, 2.05) is 0 Å². The Hall–Kier alpha value is -3.36. The van der Waals surface area contributed by atoms with Gasteiger partial charge in [-0.05, 0) is 36.5 Å². The minimum Gasteiger partial charge on any atom is -0.496 e. The third kappa shape index (κ3) is 4.07. The summed E-state index contributed by atoms with van der Waals surface area (Å²) < 4.78 is 49.3. The van der Waals surface area contributed by atoms with E-state index in [1.54, 1.807) is 13.0 Å². The minimum atomic E-state index is -2.95. The highest BCUT2D eigenvalue weighted by Gasteiger charge is 2.49. The van der Waals surface area contributed by atoms with Crippen molar-refractivity contribution in [3.8, 4) is 5.75 Å². The lowest BCUT2D eigenvalue weighted by Gasteiger charge is -2.41. The number of carbonyl (C=O) groups excluding carboxylic acids is 1. The van der Waals surface area contributed by atoms with Gasteiger partial charge in [-0.3, -0.25) is 14.6 Å². The first kappa shape index (κ1) is 22.8. The smallest absolute Gasteiger partial charge is 0.268 e. The maximum atomic E-state index is 15.1. The van der Waals surface area contributed by atoms with Crippen LogP contribution in [0.4, 0.5) is 13.2 Å². The Morgan fingerprint density at radius 1 is 1.27 bits per heavy atom. The standard InChI is InChI=1S/C24H24F3N3O3/c1-3-12-8-15(14-5-4-13(25)9-20(14)33-2)16(11-24(12,26)27)18-10-19(31)21-17(30-18)6-7-29-22(21)23(28)32/h4-7,9-10,12,15-16H,3,8,11H2,1-2H3,(H2,28,32)(H,30,31)/t12-,15?,16-/m0/s1. The van der Waals surface area contributed by atoms with Crippen LogP contribution < -0.4 is 15.9 Å². The first-order valence-electron chi connectivity index (χ1n) is 10.7. The molecule has 0 bridgehead atoms. The normalized spacial score (nSPS) is 22.3. The Bertz CT molecular complexity index is 1270. The van der Waals surface area contributed by atoms with Crippen molar-refractivity contribution >= 4 is 16.8 Å². The summed E-state index contributed by atoms with van der Waals surface area (Å²) in [5, 5.41) is 0.0127. The van der Waals surface area contributed by atoms with Gasteiger partial charge in [0.2, 0.25) is 0 Å². The second-order valence-electron chi connectivity index (χ2n) is 8.44. The molecule has 1 aliphatic carbocycles. The number of ether oxygens (including phenoxy) is 1. The van der Waals surface area contributed by atoms with Crippen molar-refractivity contribution in [2.75, 3.05) is 7.11 Å². The van der Waals surface area contributed by atoms with Gasteiger partial charge in [0.25, 0.3) is 11.8 Å². The summed E-state index contributed by atoms with van der Waals surface area (Å²) >= 11 is 0. The number of hydrogen-bond donors (Lipinski definition) is 2. The number of aromatic nitrogens is 2. The molecule has 9 heteroatoms. The number of methoxy groups -OCH3 is 1. The van der Waals surface area contributed by atoms with Gasteiger partial charge in [-0.25, -0.2) is 13.2 Å². The number of carbonyl (C=O) groups is 1. The third-order valence-electron chi connectivity index (χ3n) is 6.60. The summed E-state index contributed by atoms with van der Waals surface area (Å²) in [5.41, 5.74) is 5.81. The molecule has 33 heavy (non-hydrogen) atoms. The van der Waals surface area contributed by atoms with Crippen molar-refractivity contribution < 1.29 is 22.7 Å². The van der Waals surface area contributed by atoms with Crippen molar-refractivity contribution in [3.05, 3.63) is 69.5 Å². The Balaban J connectivity index is 1.90. The number of fused-ring (bicyclic) bond motifs is 1. The number of nitrogens with zero attached hydrogens (tertiary/aromatic N) is 1. The largest absolute Gasteiger partial charge is 0.496 e. The lowest BCUT2D eigenvalue weighted by atomic mass is 9.67. The molecule has 3 atom stereocenters. The van der Waals surface area contributed by atoms with Gasteiger partial charge in [0.05, 0.1) is 18.0 Å². The van der Waals surface area contributed by atoms with E-state index in [9.17, 15) is 14.0 Å². The number of amides is 1. The first-order chi connectivity index (χ1) is 15.7. The van der Waals surface area contributed by atoms with Gasteiger partial charge < -0.3 is 15.5 Å². The van der Waals surface area contributed by atoms with Crippen LogP contribution in [-0.4, -0.2) is 28.9 Å². The van der Waals surface area contributed by atoms with Crippen molar-refractivity contribution in [1.82, 2.24) is 9.97 Å². The zero-order chi connectivity index (χ0) is 23.9. The van der Waals surface area contributed by atoms with E-state index in [0.717, 1.165) is 0 Å². The van der Waals surface area contributed by atoms with Gasteiger partial charge in [0.15, 0.2) is 5.43 Å². The Morgan fingerprint density at radius 3 is 2.70 bits per heavy atom. The molecule has 174 valence electrons. The summed E-state index contributed by atoms with van der Waals surface area (Å²) in [5.74, 6) is -6.13. The Labute approximate surface area is 188 Å². The average molecular weight is 459 g/mol. The predicted molar refractivity (Wildman–Crippen MR) is 117 cm³/mol. The van der Waals surface area contributed by atoms with Crippen LogP contribution in [0.2, 0.25) is 0 Å². The Kier molecular flexibility index (Phi) is 5.90. The van der Waals surface area contributed by atoms with Crippen LogP contribution in [0.3, 0.4) is 0 Å². The maximum absolute atomic E-state index is 15.1. The fourth-order valence-electron chi connectivity index (χ4n) is 4.98. The number of aromatic amines is 1. The molecule has 0 saturated heterocycles. The number of pyridine rings is 2. The lowest BCUT2D eigenvalue weighted by Crippen LogP contribution is -2.39. The van der Waals surface area contributed by atoms with Crippen LogP contribution in [-0.2, 0) is 0 Å². The van der Waals surface area contributed by atoms with Crippen molar-refractivity contribution in [2.45, 2.75) is 43.9 Å². The molecule has 1 unspecified atom stereocenters. The number of alkyl halides is 2. The SMILES string of the molecule is CC[C@H]1CC(c2ccc(F)cc2OC)[C@@H](c2cc(=O)c3c(C(N)=O)nccc3[nH]2)CC1(F)F. The van der Waals surface area contributed by atoms with Crippen LogP contribution in [0.5, 0.6) is 5.75 Å². The summed E-state index contributed by atoms with van der Waals surface area (Å²) in [4.78, 5) is 31.6. The topological polar surface area (TPSA) is 98.1 Å². The van der Waals surface area contributed by atoms with E-state index >= 15 is 8.78 Å². The molecule has 1 saturated carbocycles. The Morgan fingerprint density at radius 2 is 2.03 bits per heavy atom. The van der Waals surface area contributed by atoms with E-state index in [4.69, 9.17) is 10.5 Å². The molecule has 1 aliphatic rings. The molecule has 6 nitrogen and oxygen atoms in total. The zero-order valence-electron chi connectivity index (χ0n) is 18.2. The van der Waals surface area contributed by atoms with Gasteiger partial charge >= 0.3 is 0 Å². The van der Waals surface area contributed by atoms with Gasteiger partial charge in [-0.15, -0.1) is 0 Å². The number of H-pyrrole nitrogens is 1. The summed E-state index contributed by atoms with van der Waals surface area (Å²) in [7, 11) is 1.40. The fraction of sp³-hybridized carbons (Fsp3) is 0.375. The summed E-state index contributed by atoms with van der Waals surface area (Å²) in [6.45, 7) is 1.72. The molecule has 0 aliphatic heterocycles. The summed E-state index contributed by atoms with van der Waals surface area (Å²) in [6.07, 6.45) is 1.25. The molecule has 1 aromatic carbocycles. The number of nitrogens with one attached hydrogen (secondary N) is 1. The van der Waals surface area contributed by atoms with Crippen LogP contribution in [0, 0.1) is 11.7 Å². The minimum absolute atomic E-state index is 0.0127. The maximum Gasteiger partial charge on any atom is 0.268 e. The highest BCUT2D eigenvalue weighted by atomic mass is 19.3. The molecule has 1 fully saturated rings. The summed E-state index contributed by atoms with van der Waals surface area (Å²) in [6, 6.07) is 6.78. The van der Waals surface area contributed by atoms with Gasteiger partial charge in [-0.2, -0.15) is 0 Å². The number of nitrogens with two attached hydrogens (primary N) is 1. The molecule has 4 rings (SSSR count). The zero-order valence-corrected chi connectivity index (χ0v) is 18.2. The van der Waals surface area contributed by atoms with E-state index in [-0.39, 0.29) is 35.2 Å². The molecule has 0 radical (unpaired) electrons. The van der Waals surface area contributed by atoms with E-state index in [2.05, 4.69) is 9.97 Å².